The van der Waals surface area contributed by atoms with Gasteiger partial charge in [-0.25, -0.2) is 13.1 Å². The Bertz CT molecular complexity index is 301. The lowest BCUT2D eigenvalue weighted by atomic mass is 10.0. The Morgan fingerprint density at radius 2 is 1.75 bits per heavy atom. The Kier molecular flexibility index (Phi) is 5.36. The molecular formula is C10H19Cl2NO2S. The van der Waals surface area contributed by atoms with Gasteiger partial charge < -0.3 is 0 Å². The minimum absolute atomic E-state index is 0.207. The van der Waals surface area contributed by atoms with Gasteiger partial charge in [0.15, 0.2) is 0 Å². The SMILES string of the molecule is CCC(CCl)(CCl)NS(=O)(=O)C1CCCC1. The molecule has 0 amide bonds. The number of nitrogens with one attached hydrogen (secondary N) is 1. The van der Waals surface area contributed by atoms with Crippen LogP contribution in [0.15, 0.2) is 0 Å². The van der Waals surface area contributed by atoms with Crippen molar-refractivity contribution < 1.29 is 8.42 Å². The number of hydrogen-bond acceptors (Lipinski definition) is 2. The van der Waals surface area contributed by atoms with Crippen molar-refractivity contribution in [2.75, 3.05) is 11.8 Å². The first-order chi connectivity index (χ1) is 7.49. The second-order valence-corrected chi connectivity index (χ2v) is 6.95. The van der Waals surface area contributed by atoms with Crippen molar-refractivity contribution in [3.05, 3.63) is 0 Å². The summed E-state index contributed by atoms with van der Waals surface area (Å²) in [5.41, 5.74) is -0.690. The van der Waals surface area contributed by atoms with Crippen molar-refractivity contribution >= 4 is 33.2 Å². The lowest BCUT2D eigenvalue weighted by Gasteiger charge is -2.30. The number of alkyl halides is 2. The molecule has 1 rings (SSSR count). The van der Waals surface area contributed by atoms with Gasteiger partial charge in [-0.15, -0.1) is 23.2 Å². The van der Waals surface area contributed by atoms with Gasteiger partial charge in [0, 0.05) is 11.8 Å². The molecule has 96 valence electrons. The molecule has 0 aromatic rings. The van der Waals surface area contributed by atoms with Crippen LogP contribution in [0.1, 0.15) is 39.0 Å². The molecule has 0 saturated heterocycles. The molecule has 6 heteroatoms. The van der Waals surface area contributed by atoms with E-state index >= 15 is 0 Å². The van der Waals surface area contributed by atoms with Crippen LogP contribution in [-0.2, 0) is 10.0 Å². The molecule has 1 aliphatic rings. The monoisotopic (exact) mass is 287 g/mol. The van der Waals surface area contributed by atoms with Gasteiger partial charge in [-0.2, -0.15) is 0 Å². The van der Waals surface area contributed by atoms with Crippen LogP contribution in [0.25, 0.3) is 0 Å². The molecule has 0 radical (unpaired) electrons. The number of sulfonamides is 1. The van der Waals surface area contributed by atoms with Crippen molar-refractivity contribution in [1.82, 2.24) is 4.72 Å². The number of rotatable bonds is 6. The van der Waals surface area contributed by atoms with E-state index in [0.29, 0.717) is 6.42 Å². The smallest absolute Gasteiger partial charge is 0.212 e. The fraction of sp³-hybridized carbons (Fsp3) is 1.00. The van der Waals surface area contributed by atoms with E-state index in [0.717, 1.165) is 25.7 Å². The van der Waals surface area contributed by atoms with E-state index in [1.807, 2.05) is 6.92 Å². The third-order valence-electron chi connectivity index (χ3n) is 3.29. The molecule has 0 aromatic heterocycles. The standard InChI is InChI=1S/C10H19Cl2NO2S/c1-2-10(7-11,8-12)13-16(14,15)9-5-3-4-6-9/h9,13H,2-8H2,1H3. The maximum atomic E-state index is 12.1. The van der Waals surface area contributed by atoms with E-state index in [9.17, 15) is 8.42 Å². The summed E-state index contributed by atoms with van der Waals surface area (Å²) < 4.78 is 26.9. The van der Waals surface area contributed by atoms with Crippen LogP contribution in [0, 0.1) is 0 Å². The predicted molar refractivity (Wildman–Crippen MR) is 68.8 cm³/mol. The van der Waals surface area contributed by atoms with Crippen LogP contribution in [0.2, 0.25) is 0 Å². The molecular weight excluding hydrogens is 269 g/mol. The third-order valence-corrected chi connectivity index (χ3v) is 6.38. The first-order valence-corrected chi connectivity index (χ1v) is 8.26. The van der Waals surface area contributed by atoms with Crippen LogP contribution >= 0.6 is 23.2 Å². The maximum absolute atomic E-state index is 12.1. The Morgan fingerprint density at radius 3 is 2.12 bits per heavy atom. The fourth-order valence-electron chi connectivity index (χ4n) is 1.94. The molecule has 16 heavy (non-hydrogen) atoms. The van der Waals surface area contributed by atoms with E-state index < -0.39 is 15.6 Å². The maximum Gasteiger partial charge on any atom is 0.215 e. The molecule has 0 unspecified atom stereocenters. The van der Waals surface area contributed by atoms with E-state index in [-0.39, 0.29) is 17.0 Å². The Labute approximate surface area is 108 Å². The first kappa shape index (κ1) is 14.6. The summed E-state index contributed by atoms with van der Waals surface area (Å²) in [6.45, 7) is 1.89. The fourth-order valence-corrected chi connectivity index (χ4v) is 4.90. The summed E-state index contributed by atoms with van der Waals surface area (Å²) in [6.07, 6.45) is 4.09. The van der Waals surface area contributed by atoms with Crippen LogP contribution in [0.4, 0.5) is 0 Å². The van der Waals surface area contributed by atoms with E-state index in [1.165, 1.54) is 0 Å². The molecule has 1 fully saturated rings. The van der Waals surface area contributed by atoms with Crippen molar-refractivity contribution in [2.24, 2.45) is 0 Å². The molecule has 3 nitrogen and oxygen atoms in total. The van der Waals surface area contributed by atoms with Gasteiger partial charge in [-0.1, -0.05) is 19.8 Å². The highest BCUT2D eigenvalue weighted by molar-refractivity contribution is 7.90. The van der Waals surface area contributed by atoms with E-state index in [1.54, 1.807) is 0 Å². The minimum atomic E-state index is -3.27. The average molecular weight is 288 g/mol. The van der Waals surface area contributed by atoms with Crippen molar-refractivity contribution in [3.63, 3.8) is 0 Å². The number of hydrogen-bond donors (Lipinski definition) is 1. The van der Waals surface area contributed by atoms with Gasteiger partial charge in [-0.05, 0) is 19.3 Å². The zero-order valence-electron chi connectivity index (χ0n) is 9.51. The number of halogens is 2. The van der Waals surface area contributed by atoms with Gasteiger partial charge in [0.25, 0.3) is 0 Å². The second kappa shape index (κ2) is 5.89. The highest BCUT2D eigenvalue weighted by Gasteiger charge is 2.36. The van der Waals surface area contributed by atoms with Crippen LogP contribution in [0.5, 0.6) is 0 Å². The van der Waals surface area contributed by atoms with Crippen LogP contribution in [-0.4, -0.2) is 31.0 Å². The highest BCUT2D eigenvalue weighted by atomic mass is 35.5. The molecule has 1 aliphatic carbocycles. The van der Waals surface area contributed by atoms with Gasteiger partial charge in [0.05, 0.1) is 10.8 Å². The molecule has 0 bridgehead atoms. The lowest BCUT2D eigenvalue weighted by molar-refractivity contribution is 0.444. The summed E-state index contributed by atoms with van der Waals surface area (Å²) in [5, 5.41) is -0.259. The molecule has 0 spiro atoms. The average Bonchev–Trinajstić information content (AvgIpc) is 2.80. The highest BCUT2D eigenvalue weighted by Crippen LogP contribution is 2.26. The lowest BCUT2D eigenvalue weighted by Crippen LogP contribution is -2.53. The van der Waals surface area contributed by atoms with Gasteiger partial charge in [0.2, 0.25) is 10.0 Å². The van der Waals surface area contributed by atoms with Gasteiger partial charge in [-0.3, -0.25) is 0 Å². The molecule has 0 aromatic carbocycles. The largest absolute Gasteiger partial charge is 0.215 e. The van der Waals surface area contributed by atoms with E-state index in [4.69, 9.17) is 23.2 Å². The summed E-state index contributed by atoms with van der Waals surface area (Å²) in [5.74, 6) is 0.415. The van der Waals surface area contributed by atoms with Crippen LogP contribution < -0.4 is 4.72 Å². The Morgan fingerprint density at radius 1 is 1.25 bits per heavy atom. The molecule has 0 aliphatic heterocycles. The Hall–Kier alpha value is 0.490. The normalized spacial score (nSPS) is 19.2. The van der Waals surface area contributed by atoms with Gasteiger partial charge in [0.1, 0.15) is 0 Å². The summed E-state index contributed by atoms with van der Waals surface area (Å²) in [6, 6.07) is 0. The van der Waals surface area contributed by atoms with Crippen LogP contribution in [0.3, 0.4) is 0 Å². The molecule has 1 N–H and O–H groups in total. The minimum Gasteiger partial charge on any atom is -0.212 e. The third kappa shape index (κ3) is 3.25. The first-order valence-electron chi connectivity index (χ1n) is 5.64. The zero-order chi connectivity index (χ0) is 12.2. The molecule has 0 atom stereocenters. The van der Waals surface area contributed by atoms with Crippen molar-refractivity contribution in [3.8, 4) is 0 Å². The predicted octanol–water partition coefficient (Wildman–Crippen LogP) is 2.47. The second-order valence-electron chi connectivity index (χ2n) is 4.45. The topological polar surface area (TPSA) is 46.2 Å². The quantitative estimate of drug-likeness (QED) is 0.763. The van der Waals surface area contributed by atoms with Gasteiger partial charge >= 0.3 is 0 Å². The zero-order valence-corrected chi connectivity index (χ0v) is 11.8. The molecule has 1 saturated carbocycles. The summed E-state index contributed by atoms with van der Waals surface area (Å²) in [4.78, 5) is 0. The molecule has 0 heterocycles. The summed E-state index contributed by atoms with van der Waals surface area (Å²) >= 11 is 11.7. The van der Waals surface area contributed by atoms with E-state index in [2.05, 4.69) is 4.72 Å². The Balaban J connectivity index is 2.76. The van der Waals surface area contributed by atoms with Crippen molar-refractivity contribution in [1.29, 1.82) is 0 Å². The van der Waals surface area contributed by atoms with Crippen molar-refractivity contribution in [2.45, 2.75) is 49.8 Å². The summed E-state index contributed by atoms with van der Waals surface area (Å²) in [7, 11) is -3.27.